The highest BCUT2D eigenvalue weighted by Gasteiger charge is 2.33. The number of carbonyl (C=O) groups is 1. The Morgan fingerprint density at radius 1 is 1.21 bits per heavy atom. The maximum atomic E-state index is 13.1. The molecule has 4 rings (SSSR count). The molecule has 1 saturated carbocycles. The van der Waals surface area contributed by atoms with Gasteiger partial charge in [-0.05, 0) is 54.9 Å². The molecule has 1 fully saturated rings. The Hall–Kier alpha value is -2.93. The molecule has 28 heavy (non-hydrogen) atoms. The SMILES string of the molecule is COc1ccc(-c2n[nH]c(=S)n2CC(=O)N(Cc2ccccc2)C2CC2)cc1. The molecule has 1 heterocycles. The minimum atomic E-state index is 0.0543. The van der Waals surface area contributed by atoms with E-state index in [4.69, 9.17) is 17.0 Å². The van der Waals surface area contributed by atoms with Gasteiger partial charge in [-0.15, -0.1) is 0 Å². The van der Waals surface area contributed by atoms with Gasteiger partial charge in [-0.25, -0.2) is 0 Å². The molecule has 144 valence electrons. The Kier molecular flexibility index (Phi) is 5.25. The summed E-state index contributed by atoms with van der Waals surface area (Å²) in [6.07, 6.45) is 2.11. The molecule has 0 radical (unpaired) electrons. The molecule has 0 unspecified atom stereocenters. The van der Waals surface area contributed by atoms with Crippen molar-refractivity contribution in [3.63, 3.8) is 0 Å². The predicted molar refractivity (Wildman–Crippen MR) is 109 cm³/mol. The molecule has 1 amide bonds. The third-order valence-electron chi connectivity index (χ3n) is 4.90. The fraction of sp³-hybridized carbons (Fsp3) is 0.286. The van der Waals surface area contributed by atoms with Crippen LogP contribution in [0.25, 0.3) is 11.4 Å². The van der Waals surface area contributed by atoms with Crippen LogP contribution in [0.1, 0.15) is 18.4 Å². The van der Waals surface area contributed by atoms with Gasteiger partial charge in [-0.1, -0.05) is 30.3 Å². The highest BCUT2D eigenvalue weighted by Crippen LogP contribution is 2.29. The predicted octanol–water partition coefficient (Wildman–Crippen LogP) is 3.81. The summed E-state index contributed by atoms with van der Waals surface area (Å²) >= 11 is 5.39. The lowest BCUT2D eigenvalue weighted by Crippen LogP contribution is -2.35. The van der Waals surface area contributed by atoms with E-state index < -0.39 is 0 Å². The zero-order chi connectivity index (χ0) is 19.5. The van der Waals surface area contributed by atoms with Gasteiger partial charge in [0.05, 0.1) is 7.11 Å². The highest BCUT2D eigenvalue weighted by molar-refractivity contribution is 7.71. The number of hydrogen-bond acceptors (Lipinski definition) is 4. The van der Waals surface area contributed by atoms with Crippen molar-refractivity contribution in [3.8, 4) is 17.1 Å². The Morgan fingerprint density at radius 2 is 1.93 bits per heavy atom. The quantitative estimate of drug-likeness (QED) is 0.619. The molecule has 0 aliphatic heterocycles. The number of ether oxygens (including phenoxy) is 1. The second-order valence-electron chi connectivity index (χ2n) is 6.91. The highest BCUT2D eigenvalue weighted by atomic mass is 32.1. The standard InChI is InChI=1S/C21H22N4O2S/c1-27-18-11-7-16(8-12-18)20-22-23-21(28)25(20)14-19(26)24(17-9-10-17)13-15-5-3-2-4-6-15/h2-8,11-12,17H,9-10,13-14H2,1H3,(H,23,28). The fourth-order valence-corrected chi connectivity index (χ4v) is 3.43. The molecule has 0 atom stereocenters. The normalized spacial score (nSPS) is 13.3. The lowest BCUT2D eigenvalue weighted by Gasteiger charge is -2.23. The van der Waals surface area contributed by atoms with E-state index in [1.165, 1.54) is 0 Å². The van der Waals surface area contributed by atoms with Crippen LogP contribution >= 0.6 is 12.2 Å². The number of hydrogen-bond donors (Lipinski definition) is 1. The van der Waals surface area contributed by atoms with Crippen molar-refractivity contribution >= 4 is 18.1 Å². The van der Waals surface area contributed by atoms with Gasteiger partial charge >= 0.3 is 0 Å². The van der Waals surface area contributed by atoms with E-state index in [9.17, 15) is 4.79 Å². The summed E-state index contributed by atoms with van der Waals surface area (Å²) in [5.41, 5.74) is 2.01. The van der Waals surface area contributed by atoms with Gasteiger partial charge in [0.1, 0.15) is 12.3 Å². The van der Waals surface area contributed by atoms with E-state index in [1.807, 2.05) is 47.4 Å². The minimum Gasteiger partial charge on any atom is -0.497 e. The average Bonchev–Trinajstić information content (AvgIpc) is 3.51. The molecule has 0 saturated heterocycles. The maximum absolute atomic E-state index is 13.1. The van der Waals surface area contributed by atoms with Gasteiger partial charge in [0, 0.05) is 18.2 Å². The molecule has 3 aromatic rings. The van der Waals surface area contributed by atoms with E-state index >= 15 is 0 Å². The van der Waals surface area contributed by atoms with Crippen LogP contribution in [0.5, 0.6) is 5.75 Å². The second-order valence-corrected chi connectivity index (χ2v) is 7.29. The lowest BCUT2D eigenvalue weighted by molar-refractivity contribution is -0.133. The number of nitrogens with one attached hydrogen (secondary N) is 1. The Balaban J connectivity index is 1.56. The molecule has 1 aliphatic rings. The van der Waals surface area contributed by atoms with Crippen LogP contribution in [-0.2, 0) is 17.9 Å². The molecule has 1 aliphatic carbocycles. The molecule has 7 heteroatoms. The summed E-state index contributed by atoms with van der Waals surface area (Å²) in [5.74, 6) is 1.47. The number of amides is 1. The number of carbonyl (C=O) groups excluding carboxylic acids is 1. The number of nitrogens with zero attached hydrogens (tertiary/aromatic N) is 3. The smallest absolute Gasteiger partial charge is 0.243 e. The third-order valence-corrected chi connectivity index (χ3v) is 5.22. The van der Waals surface area contributed by atoms with Crippen molar-refractivity contribution in [1.82, 2.24) is 19.7 Å². The molecule has 6 nitrogen and oxygen atoms in total. The molecule has 0 spiro atoms. The van der Waals surface area contributed by atoms with Crippen LogP contribution in [0, 0.1) is 4.77 Å². The number of H-pyrrole nitrogens is 1. The Bertz CT molecular complexity index is 1010. The number of benzene rings is 2. The van der Waals surface area contributed by atoms with Crippen molar-refractivity contribution < 1.29 is 9.53 Å². The number of rotatable bonds is 7. The lowest BCUT2D eigenvalue weighted by atomic mass is 10.2. The van der Waals surface area contributed by atoms with Gasteiger partial charge in [-0.3, -0.25) is 14.5 Å². The van der Waals surface area contributed by atoms with Gasteiger partial charge in [0.25, 0.3) is 0 Å². The van der Waals surface area contributed by atoms with E-state index in [0.29, 0.717) is 23.2 Å². The van der Waals surface area contributed by atoms with E-state index in [0.717, 1.165) is 29.7 Å². The first-order valence-electron chi connectivity index (χ1n) is 9.28. The van der Waals surface area contributed by atoms with Crippen LogP contribution in [0.15, 0.2) is 54.6 Å². The number of aromatic nitrogens is 3. The zero-order valence-corrected chi connectivity index (χ0v) is 16.5. The summed E-state index contributed by atoms with van der Waals surface area (Å²) < 4.78 is 7.41. The van der Waals surface area contributed by atoms with Crippen molar-refractivity contribution in [3.05, 3.63) is 64.9 Å². The van der Waals surface area contributed by atoms with Crippen LogP contribution < -0.4 is 4.74 Å². The summed E-state index contributed by atoms with van der Waals surface area (Å²) in [7, 11) is 1.63. The monoisotopic (exact) mass is 394 g/mol. The van der Waals surface area contributed by atoms with E-state index in [2.05, 4.69) is 22.3 Å². The summed E-state index contributed by atoms with van der Waals surface area (Å²) in [4.78, 5) is 15.1. The first-order chi connectivity index (χ1) is 13.7. The molecule has 0 bridgehead atoms. The minimum absolute atomic E-state index is 0.0543. The Morgan fingerprint density at radius 3 is 2.57 bits per heavy atom. The zero-order valence-electron chi connectivity index (χ0n) is 15.7. The summed E-state index contributed by atoms with van der Waals surface area (Å²) in [5, 5.41) is 7.15. The van der Waals surface area contributed by atoms with Crippen molar-refractivity contribution in [1.29, 1.82) is 0 Å². The van der Waals surface area contributed by atoms with Crippen LogP contribution in [0.3, 0.4) is 0 Å². The van der Waals surface area contributed by atoms with Crippen molar-refractivity contribution in [2.45, 2.75) is 32.0 Å². The summed E-state index contributed by atoms with van der Waals surface area (Å²) in [6.45, 7) is 0.785. The van der Waals surface area contributed by atoms with E-state index in [-0.39, 0.29) is 12.5 Å². The molecular formula is C21H22N4O2S. The Labute approximate surface area is 168 Å². The molecule has 2 aromatic carbocycles. The number of aromatic amines is 1. The van der Waals surface area contributed by atoms with Gasteiger partial charge in [0.15, 0.2) is 10.6 Å². The fourth-order valence-electron chi connectivity index (χ4n) is 3.24. The van der Waals surface area contributed by atoms with Crippen LogP contribution in [0.4, 0.5) is 0 Å². The largest absolute Gasteiger partial charge is 0.497 e. The second kappa shape index (κ2) is 7.98. The van der Waals surface area contributed by atoms with Crippen LogP contribution in [0.2, 0.25) is 0 Å². The average molecular weight is 395 g/mol. The molecular weight excluding hydrogens is 372 g/mol. The first kappa shape index (κ1) is 18.4. The number of methoxy groups -OCH3 is 1. The molecule has 1 aromatic heterocycles. The molecule has 1 N–H and O–H groups in total. The summed E-state index contributed by atoms with van der Waals surface area (Å²) in [6, 6.07) is 18.0. The van der Waals surface area contributed by atoms with Gasteiger partial charge in [-0.2, -0.15) is 5.10 Å². The maximum Gasteiger partial charge on any atom is 0.243 e. The van der Waals surface area contributed by atoms with Gasteiger partial charge in [0.2, 0.25) is 5.91 Å². The van der Waals surface area contributed by atoms with Gasteiger partial charge < -0.3 is 9.64 Å². The van der Waals surface area contributed by atoms with Crippen molar-refractivity contribution in [2.24, 2.45) is 0 Å². The topological polar surface area (TPSA) is 63.1 Å². The van der Waals surface area contributed by atoms with E-state index in [1.54, 1.807) is 11.7 Å². The third kappa shape index (κ3) is 3.99. The van der Waals surface area contributed by atoms with Crippen LogP contribution in [-0.4, -0.2) is 38.7 Å². The first-order valence-corrected chi connectivity index (χ1v) is 9.69. The van der Waals surface area contributed by atoms with Crippen molar-refractivity contribution in [2.75, 3.05) is 7.11 Å².